The van der Waals surface area contributed by atoms with Gasteiger partial charge >= 0.3 is 84.9 Å². The Labute approximate surface area is 84.9 Å². The quantitative estimate of drug-likeness (QED) is 0.481. The predicted molar refractivity (Wildman–Crippen MR) is 67.1 cm³/mol. The monoisotopic (exact) mass is 285 g/mol. The third kappa shape index (κ3) is 4.65. The fraction of sp³-hybridized carbons (Fsp3) is 1.00. The molecule has 0 aromatic carbocycles. The molecule has 0 saturated heterocycles. The summed E-state index contributed by atoms with van der Waals surface area (Å²) in [6.45, 7) is 11.3. The summed E-state index contributed by atoms with van der Waals surface area (Å²) in [5, 5.41) is 0. The Balaban J connectivity index is 4.22. The fourth-order valence-electron chi connectivity index (χ4n) is 1.46. The SMILES string of the molecule is CCI(C)[C@](C)(N)CC(C)(C)C. The van der Waals surface area contributed by atoms with Crippen LogP contribution < -0.4 is 5.73 Å². The van der Waals surface area contributed by atoms with Crippen LogP contribution in [0.5, 0.6) is 0 Å². The zero-order valence-corrected chi connectivity index (χ0v) is 11.5. The Bertz CT molecular complexity index is 135. The fourth-order valence-corrected chi connectivity index (χ4v) is 4.99. The number of halogens is 1. The van der Waals surface area contributed by atoms with Crippen molar-refractivity contribution in [3.63, 3.8) is 0 Å². The van der Waals surface area contributed by atoms with Crippen molar-refractivity contribution in [2.75, 3.05) is 9.36 Å². The number of alkyl halides is 3. The molecule has 0 bridgehead atoms. The van der Waals surface area contributed by atoms with Gasteiger partial charge in [-0.2, -0.15) is 0 Å². The minimum absolute atomic E-state index is 0.150. The molecule has 0 aliphatic rings. The molecule has 0 aromatic heterocycles. The van der Waals surface area contributed by atoms with Gasteiger partial charge in [0.25, 0.3) is 0 Å². The van der Waals surface area contributed by atoms with Crippen LogP contribution in [0.25, 0.3) is 0 Å². The van der Waals surface area contributed by atoms with Gasteiger partial charge in [-0.25, -0.2) is 0 Å². The molecule has 0 aliphatic heterocycles. The van der Waals surface area contributed by atoms with E-state index in [1.165, 1.54) is 4.43 Å². The topological polar surface area (TPSA) is 26.0 Å². The van der Waals surface area contributed by atoms with Gasteiger partial charge in [0, 0.05) is 0 Å². The van der Waals surface area contributed by atoms with Gasteiger partial charge in [-0.3, -0.25) is 0 Å². The van der Waals surface area contributed by atoms with Crippen molar-refractivity contribution < 1.29 is 0 Å². The van der Waals surface area contributed by atoms with Gasteiger partial charge in [0.2, 0.25) is 0 Å². The maximum atomic E-state index is 6.33. The van der Waals surface area contributed by atoms with Crippen LogP contribution in [0, 0.1) is 5.41 Å². The Morgan fingerprint density at radius 3 is 1.83 bits per heavy atom. The third-order valence-electron chi connectivity index (χ3n) is 2.01. The van der Waals surface area contributed by atoms with Gasteiger partial charge in [-0.15, -0.1) is 0 Å². The molecular weight excluding hydrogens is 261 g/mol. The first-order valence-electron chi connectivity index (χ1n) is 4.54. The number of nitrogens with two attached hydrogens (primary N) is 1. The predicted octanol–water partition coefficient (Wildman–Crippen LogP) is 3.25. The molecule has 0 aliphatic carbocycles. The summed E-state index contributed by atoms with van der Waals surface area (Å²) < 4.78 is 1.48. The first-order chi connectivity index (χ1) is 5.19. The summed E-state index contributed by atoms with van der Waals surface area (Å²) in [6, 6.07) is 0. The molecule has 76 valence electrons. The van der Waals surface area contributed by atoms with Gasteiger partial charge in [0.1, 0.15) is 0 Å². The van der Waals surface area contributed by atoms with Crippen molar-refractivity contribution in [2.24, 2.45) is 11.1 Å². The van der Waals surface area contributed by atoms with E-state index in [1.54, 1.807) is 0 Å². The minimum atomic E-state index is -0.881. The molecule has 0 amide bonds. The van der Waals surface area contributed by atoms with Crippen LogP contribution in [0.4, 0.5) is 0 Å². The van der Waals surface area contributed by atoms with Gasteiger partial charge in [0.05, 0.1) is 0 Å². The Kier molecular flexibility index (Phi) is 4.51. The zero-order valence-electron chi connectivity index (χ0n) is 9.37. The number of hydrogen-bond acceptors (Lipinski definition) is 1. The summed E-state index contributed by atoms with van der Waals surface area (Å²) in [5.41, 5.74) is 6.71. The molecule has 2 N–H and O–H groups in total. The van der Waals surface area contributed by atoms with Gasteiger partial charge < -0.3 is 0 Å². The second-order valence-electron chi connectivity index (χ2n) is 4.87. The average Bonchev–Trinajstić information content (AvgIpc) is 1.80. The van der Waals surface area contributed by atoms with Crippen LogP contribution in [0.15, 0.2) is 0 Å². The molecule has 1 nitrogen and oxygen atoms in total. The molecule has 0 unspecified atom stereocenters. The van der Waals surface area contributed by atoms with E-state index in [0.29, 0.717) is 5.41 Å². The summed E-state index contributed by atoms with van der Waals surface area (Å²) in [6.07, 6.45) is 1.16. The second kappa shape index (κ2) is 4.27. The standard InChI is InChI=1S/C10H24IN/c1-7-11(6)10(5,12)8-9(2,3)4/h7-8,12H2,1-6H3/t10-/m1/s1. The van der Waals surface area contributed by atoms with Crippen molar-refractivity contribution in [1.82, 2.24) is 0 Å². The van der Waals surface area contributed by atoms with Crippen molar-refractivity contribution in [2.45, 2.75) is 44.6 Å². The summed E-state index contributed by atoms with van der Waals surface area (Å²) in [5.74, 6) is 0. The van der Waals surface area contributed by atoms with E-state index in [2.05, 4.69) is 39.5 Å². The first-order valence-corrected chi connectivity index (χ1v) is 9.30. The first kappa shape index (κ1) is 12.7. The van der Waals surface area contributed by atoms with Crippen molar-refractivity contribution in [1.29, 1.82) is 0 Å². The molecule has 0 spiro atoms. The van der Waals surface area contributed by atoms with Crippen LogP contribution in [0.3, 0.4) is 0 Å². The van der Waals surface area contributed by atoms with Crippen LogP contribution in [0.1, 0.15) is 41.0 Å². The van der Waals surface area contributed by atoms with Crippen molar-refractivity contribution in [3.8, 4) is 0 Å². The number of hydrogen-bond donors (Lipinski definition) is 1. The zero-order chi connectivity index (χ0) is 9.99. The molecule has 0 fully saturated rings. The summed E-state index contributed by atoms with van der Waals surface area (Å²) >= 11 is -0.881. The molecule has 0 radical (unpaired) electrons. The van der Waals surface area contributed by atoms with Gasteiger partial charge in [0.15, 0.2) is 0 Å². The van der Waals surface area contributed by atoms with Gasteiger partial charge in [-0.1, -0.05) is 0 Å². The average molecular weight is 285 g/mol. The third-order valence-corrected chi connectivity index (χ3v) is 8.89. The van der Waals surface area contributed by atoms with Crippen LogP contribution in [0.2, 0.25) is 0 Å². The maximum absolute atomic E-state index is 6.33. The van der Waals surface area contributed by atoms with Crippen LogP contribution in [-0.2, 0) is 0 Å². The normalized spacial score (nSPS) is 18.8. The van der Waals surface area contributed by atoms with E-state index in [0.717, 1.165) is 6.42 Å². The van der Waals surface area contributed by atoms with E-state index < -0.39 is 19.8 Å². The summed E-state index contributed by atoms with van der Waals surface area (Å²) in [4.78, 5) is 2.40. The Morgan fingerprint density at radius 1 is 1.17 bits per heavy atom. The molecule has 1 atom stereocenters. The van der Waals surface area contributed by atoms with Gasteiger partial charge in [-0.05, 0) is 0 Å². The Hall–Kier alpha value is 0.690. The molecular formula is C10H24IN. The van der Waals surface area contributed by atoms with E-state index in [4.69, 9.17) is 5.73 Å². The molecule has 12 heavy (non-hydrogen) atoms. The molecule has 0 rings (SSSR count). The molecule has 0 saturated carbocycles. The van der Waals surface area contributed by atoms with E-state index >= 15 is 0 Å². The van der Waals surface area contributed by atoms with Crippen LogP contribution in [-0.4, -0.2) is 12.9 Å². The van der Waals surface area contributed by atoms with Crippen molar-refractivity contribution >= 4 is 19.8 Å². The van der Waals surface area contributed by atoms with E-state index in [9.17, 15) is 0 Å². The van der Waals surface area contributed by atoms with E-state index in [-0.39, 0.29) is 3.55 Å². The summed E-state index contributed by atoms with van der Waals surface area (Å²) in [7, 11) is 0. The van der Waals surface area contributed by atoms with Crippen molar-refractivity contribution in [3.05, 3.63) is 0 Å². The van der Waals surface area contributed by atoms with Crippen LogP contribution >= 0.6 is 19.8 Å². The molecule has 2 heteroatoms. The molecule has 0 aromatic rings. The second-order valence-corrected chi connectivity index (χ2v) is 12.2. The Morgan fingerprint density at radius 2 is 1.58 bits per heavy atom. The molecule has 0 heterocycles. The van der Waals surface area contributed by atoms with E-state index in [1.807, 2.05) is 0 Å². The number of rotatable bonds is 3.